The summed E-state index contributed by atoms with van der Waals surface area (Å²) in [7, 11) is 0. The summed E-state index contributed by atoms with van der Waals surface area (Å²) in [6, 6.07) is 11.0. The number of nitrogens with one attached hydrogen (secondary N) is 1. The van der Waals surface area contributed by atoms with Gasteiger partial charge in [-0.1, -0.05) is 12.1 Å². The van der Waals surface area contributed by atoms with E-state index in [1.165, 1.54) is 29.1 Å². The number of amides is 1. The molecule has 0 aliphatic carbocycles. The number of pyridine rings is 3. The van der Waals surface area contributed by atoms with Gasteiger partial charge < -0.3 is 15.5 Å². The predicted molar refractivity (Wildman–Crippen MR) is 115 cm³/mol. The average Bonchev–Trinajstić information content (AvgIpc) is 2.80. The molecular weight excluding hydrogens is 415 g/mol. The number of nitrogens with zero attached hydrogens (tertiary/aromatic N) is 3. The minimum Gasteiger partial charge on any atom is -0.505 e. The predicted octanol–water partition coefficient (Wildman–Crippen LogP) is 1.94. The zero-order valence-electron chi connectivity index (χ0n) is 16.8. The molecule has 0 saturated heterocycles. The topological polar surface area (TPSA) is 117 Å². The molecule has 162 valence electrons. The van der Waals surface area contributed by atoms with Crippen LogP contribution in [0.2, 0.25) is 0 Å². The lowest BCUT2D eigenvalue weighted by Crippen LogP contribution is -2.34. The van der Waals surface area contributed by atoms with E-state index in [9.17, 15) is 19.1 Å². The number of carbonyl (C=O) groups excluding carboxylic acids is 1. The lowest BCUT2D eigenvalue weighted by molar-refractivity contribution is 0.0940. The molecule has 8 nitrogen and oxygen atoms in total. The summed E-state index contributed by atoms with van der Waals surface area (Å²) < 4.78 is 14.5. The zero-order valence-corrected chi connectivity index (χ0v) is 16.8. The van der Waals surface area contributed by atoms with Gasteiger partial charge in [0.15, 0.2) is 5.75 Å². The van der Waals surface area contributed by atoms with E-state index in [-0.39, 0.29) is 24.5 Å². The maximum absolute atomic E-state index is 13.3. The second-order valence-electron chi connectivity index (χ2n) is 7.07. The minimum absolute atomic E-state index is 0.0606. The summed E-state index contributed by atoms with van der Waals surface area (Å²) >= 11 is 0. The number of benzene rings is 1. The summed E-state index contributed by atoms with van der Waals surface area (Å²) in [5, 5.41) is 22.1. The van der Waals surface area contributed by atoms with Crippen molar-refractivity contribution >= 4 is 16.9 Å². The Morgan fingerprint density at radius 3 is 2.59 bits per heavy atom. The highest BCUT2D eigenvalue weighted by molar-refractivity contribution is 6.01. The average molecular weight is 434 g/mol. The van der Waals surface area contributed by atoms with Gasteiger partial charge in [0.25, 0.3) is 11.5 Å². The Hall–Kier alpha value is -4.11. The van der Waals surface area contributed by atoms with Crippen LogP contribution in [0.4, 0.5) is 4.39 Å². The van der Waals surface area contributed by atoms with Crippen LogP contribution in [-0.4, -0.2) is 43.8 Å². The highest BCUT2D eigenvalue weighted by Gasteiger charge is 2.24. The van der Waals surface area contributed by atoms with Gasteiger partial charge in [-0.3, -0.25) is 24.1 Å². The van der Waals surface area contributed by atoms with Gasteiger partial charge in [-0.2, -0.15) is 0 Å². The number of aliphatic hydroxyl groups excluding tert-OH is 1. The van der Waals surface area contributed by atoms with Crippen LogP contribution < -0.4 is 10.9 Å². The van der Waals surface area contributed by atoms with Crippen molar-refractivity contribution < 1.29 is 19.4 Å². The Kier molecular flexibility index (Phi) is 5.91. The van der Waals surface area contributed by atoms with Gasteiger partial charge in [0.05, 0.1) is 24.0 Å². The van der Waals surface area contributed by atoms with Gasteiger partial charge in [-0.15, -0.1) is 0 Å². The Morgan fingerprint density at radius 2 is 1.91 bits per heavy atom. The first-order valence-electron chi connectivity index (χ1n) is 9.80. The zero-order chi connectivity index (χ0) is 22.7. The van der Waals surface area contributed by atoms with E-state index in [0.717, 1.165) is 11.1 Å². The molecule has 9 heteroatoms. The highest BCUT2D eigenvalue weighted by Crippen LogP contribution is 2.27. The largest absolute Gasteiger partial charge is 0.505 e. The third kappa shape index (κ3) is 4.06. The van der Waals surface area contributed by atoms with E-state index in [1.54, 1.807) is 36.5 Å². The molecule has 0 spiro atoms. The summed E-state index contributed by atoms with van der Waals surface area (Å²) in [5.74, 6) is -1.71. The molecule has 4 aromatic rings. The fraction of sp³-hybridized carbons (Fsp3) is 0.130. The molecule has 0 saturated carbocycles. The number of rotatable bonds is 6. The quantitative estimate of drug-likeness (QED) is 0.427. The van der Waals surface area contributed by atoms with Crippen LogP contribution in [0.5, 0.6) is 5.75 Å². The van der Waals surface area contributed by atoms with Gasteiger partial charge >= 0.3 is 0 Å². The minimum atomic E-state index is -0.821. The molecule has 0 fully saturated rings. The van der Waals surface area contributed by atoms with Crippen LogP contribution in [0.3, 0.4) is 0 Å². The number of halogens is 1. The Balaban J connectivity index is 1.92. The second-order valence-corrected chi connectivity index (χ2v) is 7.07. The van der Waals surface area contributed by atoms with Gasteiger partial charge in [0.1, 0.15) is 16.9 Å². The highest BCUT2D eigenvalue weighted by atomic mass is 19.1. The Labute approximate surface area is 181 Å². The number of carbonyl (C=O) groups is 1. The van der Waals surface area contributed by atoms with Crippen molar-refractivity contribution in [1.82, 2.24) is 19.9 Å². The molecule has 4 rings (SSSR count). The van der Waals surface area contributed by atoms with Gasteiger partial charge in [0, 0.05) is 18.9 Å². The number of fused-ring (bicyclic) bond motifs is 1. The maximum Gasteiger partial charge on any atom is 0.272 e. The third-order valence-corrected chi connectivity index (χ3v) is 4.89. The van der Waals surface area contributed by atoms with Crippen molar-refractivity contribution in [1.29, 1.82) is 0 Å². The van der Waals surface area contributed by atoms with Crippen LogP contribution in [0.1, 0.15) is 21.5 Å². The van der Waals surface area contributed by atoms with Crippen LogP contribution in [-0.2, 0) is 6.42 Å². The standard InChI is InChI=1S/C23H19FN4O4/c24-16-5-3-14(4-6-16)10-15-11-18-20(27-12-15)21(30)19(22(31)26-8-9-29)23(32)28(18)17-2-1-7-25-13-17/h1-7,11-13,29-30H,8-10H2,(H,26,31). The molecule has 0 bridgehead atoms. The van der Waals surface area contributed by atoms with E-state index in [4.69, 9.17) is 5.11 Å². The smallest absolute Gasteiger partial charge is 0.272 e. The van der Waals surface area contributed by atoms with E-state index in [0.29, 0.717) is 17.6 Å². The monoisotopic (exact) mass is 434 g/mol. The molecule has 0 aliphatic rings. The van der Waals surface area contributed by atoms with Crippen molar-refractivity contribution in [3.63, 3.8) is 0 Å². The molecule has 3 aromatic heterocycles. The Morgan fingerprint density at radius 1 is 1.12 bits per heavy atom. The summed E-state index contributed by atoms with van der Waals surface area (Å²) in [6.07, 6.45) is 4.95. The van der Waals surface area contributed by atoms with Crippen molar-refractivity contribution in [3.05, 3.63) is 93.9 Å². The Bertz CT molecular complexity index is 1340. The molecule has 0 unspecified atom stereocenters. The molecule has 3 N–H and O–H groups in total. The van der Waals surface area contributed by atoms with Crippen LogP contribution in [0, 0.1) is 5.82 Å². The lowest BCUT2D eigenvalue weighted by Gasteiger charge is -2.15. The third-order valence-electron chi connectivity index (χ3n) is 4.89. The number of aromatic nitrogens is 3. The van der Waals surface area contributed by atoms with Crippen molar-refractivity contribution in [2.24, 2.45) is 0 Å². The fourth-order valence-corrected chi connectivity index (χ4v) is 3.43. The normalized spacial score (nSPS) is 10.9. The second kappa shape index (κ2) is 8.94. The van der Waals surface area contributed by atoms with Crippen molar-refractivity contribution in [2.45, 2.75) is 6.42 Å². The lowest BCUT2D eigenvalue weighted by atomic mass is 10.0. The SMILES string of the molecule is O=C(NCCO)c1c(O)c2ncc(Cc3ccc(F)cc3)cc2n(-c2cccnc2)c1=O. The number of hydrogen-bond acceptors (Lipinski definition) is 6. The van der Waals surface area contributed by atoms with Crippen LogP contribution >= 0.6 is 0 Å². The molecule has 32 heavy (non-hydrogen) atoms. The van der Waals surface area contributed by atoms with Gasteiger partial charge in [0.2, 0.25) is 0 Å². The van der Waals surface area contributed by atoms with Crippen molar-refractivity contribution in [3.8, 4) is 11.4 Å². The summed E-state index contributed by atoms with van der Waals surface area (Å²) in [6.45, 7) is -0.394. The number of aromatic hydroxyl groups is 1. The van der Waals surface area contributed by atoms with E-state index < -0.39 is 22.8 Å². The van der Waals surface area contributed by atoms with E-state index >= 15 is 0 Å². The number of hydrogen-bond donors (Lipinski definition) is 3. The first kappa shape index (κ1) is 21.1. The maximum atomic E-state index is 13.3. The van der Waals surface area contributed by atoms with Gasteiger partial charge in [-0.05, 0) is 47.9 Å². The molecule has 3 heterocycles. The molecule has 1 amide bonds. The summed E-state index contributed by atoms with van der Waals surface area (Å²) in [4.78, 5) is 34.2. The van der Waals surface area contributed by atoms with E-state index in [2.05, 4.69) is 15.3 Å². The first-order valence-corrected chi connectivity index (χ1v) is 9.80. The van der Waals surface area contributed by atoms with Gasteiger partial charge in [-0.25, -0.2) is 4.39 Å². The molecular formula is C23H19FN4O4. The van der Waals surface area contributed by atoms with Crippen LogP contribution in [0.25, 0.3) is 16.7 Å². The molecule has 1 aromatic carbocycles. The molecule has 0 atom stereocenters. The molecule has 0 aliphatic heterocycles. The van der Waals surface area contributed by atoms with E-state index in [1.807, 2.05) is 0 Å². The first-order chi connectivity index (χ1) is 15.5. The van der Waals surface area contributed by atoms with Crippen molar-refractivity contribution in [2.75, 3.05) is 13.2 Å². The summed E-state index contributed by atoms with van der Waals surface area (Å²) in [5.41, 5.74) is 1.07. The molecule has 0 radical (unpaired) electrons. The van der Waals surface area contributed by atoms with Crippen LogP contribution in [0.15, 0.2) is 65.8 Å². The fourth-order valence-electron chi connectivity index (χ4n) is 3.43. The number of aliphatic hydroxyl groups is 1.